The number of halogens is 1. The van der Waals surface area contributed by atoms with Crippen LogP contribution in [0.15, 0.2) is 24.3 Å². The Morgan fingerprint density at radius 2 is 1.79 bits per heavy atom. The Bertz CT molecular complexity index is 785. The van der Waals surface area contributed by atoms with Crippen LogP contribution < -0.4 is 4.90 Å². The maximum atomic E-state index is 13.2. The van der Waals surface area contributed by atoms with E-state index in [0.29, 0.717) is 16.7 Å². The molecular weight excluding hydrogens is 327 g/mol. The fourth-order valence-corrected chi connectivity index (χ4v) is 4.23. The van der Waals surface area contributed by atoms with Crippen LogP contribution >= 0.6 is 11.3 Å². The second-order valence-corrected chi connectivity index (χ2v) is 6.81. The molecule has 3 rings (SSSR count). The molecule has 1 aliphatic rings. The maximum absolute atomic E-state index is 13.2. The maximum Gasteiger partial charge on any atom is 0.346 e. The van der Waals surface area contributed by atoms with Crippen molar-refractivity contribution in [2.45, 2.75) is 25.7 Å². The lowest BCUT2D eigenvalue weighted by Crippen LogP contribution is -2.23. The summed E-state index contributed by atoms with van der Waals surface area (Å²) >= 11 is 1.14. The number of aromatic carboxylic acids is 1. The summed E-state index contributed by atoms with van der Waals surface area (Å²) in [5.74, 6) is -1.45. The lowest BCUT2D eigenvalue weighted by atomic mass is 10.0. The number of carboxylic acid groups (broad SMARTS) is 1. The minimum Gasteiger partial charge on any atom is -0.477 e. The van der Waals surface area contributed by atoms with E-state index in [9.17, 15) is 19.6 Å². The molecule has 6 heteroatoms. The van der Waals surface area contributed by atoms with Crippen molar-refractivity contribution in [1.82, 2.24) is 0 Å². The van der Waals surface area contributed by atoms with E-state index < -0.39 is 11.8 Å². The van der Waals surface area contributed by atoms with Gasteiger partial charge in [-0.2, -0.15) is 5.26 Å². The monoisotopic (exact) mass is 344 g/mol. The molecule has 1 aromatic heterocycles. The second kappa shape index (κ2) is 7.02. The van der Waals surface area contributed by atoms with Crippen molar-refractivity contribution < 1.29 is 14.3 Å². The van der Waals surface area contributed by atoms with Crippen molar-refractivity contribution in [1.29, 1.82) is 5.26 Å². The SMILES string of the molecule is N#Cc1c(N2CCCCCC2)sc(C(=O)O)c1-c1ccc(F)cc1. The summed E-state index contributed by atoms with van der Waals surface area (Å²) in [5.41, 5.74) is 1.34. The van der Waals surface area contributed by atoms with Crippen LogP contribution in [0.4, 0.5) is 9.39 Å². The lowest BCUT2D eigenvalue weighted by molar-refractivity contribution is 0.0703. The summed E-state index contributed by atoms with van der Waals surface area (Å²) in [6, 6.07) is 7.80. The van der Waals surface area contributed by atoms with E-state index in [1.54, 1.807) is 0 Å². The van der Waals surface area contributed by atoms with Gasteiger partial charge in [0.25, 0.3) is 0 Å². The topological polar surface area (TPSA) is 64.3 Å². The van der Waals surface area contributed by atoms with E-state index in [-0.39, 0.29) is 4.88 Å². The predicted molar refractivity (Wildman–Crippen MR) is 92.1 cm³/mol. The molecule has 1 aromatic carbocycles. The van der Waals surface area contributed by atoms with E-state index in [1.807, 2.05) is 0 Å². The van der Waals surface area contributed by atoms with Crippen molar-refractivity contribution in [2.75, 3.05) is 18.0 Å². The number of thiophene rings is 1. The highest BCUT2D eigenvalue weighted by atomic mass is 32.1. The van der Waals surface area contributed by atoms with Crippen LogP contribution in [0.25, 0.3) is 11.1 Å². The smallest absolute Gasteiger partial charge is 0.346 e. The Hall–Kier alpha value is -2.39. The number of hydrogen-bond donors (Lipinski definition) is 1. The van der Waals surface area contributed by atoms with Gasteiger partial charge in [-0.1, -0.05) is 25.0 Å². The van der Waals surface area contributed by atoms with Crippen molar-refractivity contribution >= 4 is 22.3 Å². The summed E-state index contributed by atoms with van der Waals surface area (Å²) < 4.78 is 13.2. The molecule has 0 aliphatic carbocycles. The van der Waals surface area contributed by atoms with Gasteiger partial charge in [0.05, 0.1) is 5.56 Å². The molecule has 4 nitrogen and oxygen atoms in total. The Morgan fingerprint density at radius 3 is 2.33 bits per heavy atom. The molecule has 0 radical (unpaired) electrons. The summed E-state index contributed by atoms with van der Waals surface area (Å²) in [6.45, 7) is 1.66. The van der Waals surface area contributed by atoms with Crippen molar-refractivity contribution in [2.24, 2.45) is 0 Å². The second-order valence-electron chi connectivity index (χ2n) is 5.81. The largest absolute Gasteiger partial charge is 0.477 e. The molecule has 0 unspecified atom stereocenters. The molecule has 1 saturated heterocycles. The van der Waals surface area contributed by atoms with Gasteiger partial charge in [0.1, 0.15) is 21.8 Å². The highest BCUT2D eigenvalue weighted by Gasteiger charge is 2.27. The number of nitriles is 1. The average Bonchev–Trinajstić information content (AvgIpc) is 2.76. The molecular formula is C18H17FN2O2S. The zero-order valence-corrected chi connectivity index (χ0v) is 13.9. The third kappa shape index (κ3) is 3.13. The molecule has 1 fully saturated rings. The van der Waals surface area contributed by atoms with Gasteiger partial charge in [-0.3, -0.25) is 0 Å². The molecule has 2 aromatic rings. The molecule has 1 N–H and O–H groups in total. The summed E-state index contributed by atoms with van der Waals surface area (Å²) in [4.78, 5) is 14.0. The molecule has 124 valence electrons. The number of nitrogens with zero attached hydrogens (tertiary/aromatic N) is 2. The van der Waals surface area contributed by atoms with Crippen LogP contribution in [-0.2, 0) is 0 Å². The molecule has 0 spiro atoms. The fraction of sp³-hybridized carbons (Fsp3) is 0.333. The highest BCUT2D eigenvalue weighted by molar-refractivity contribution is 7.18. The third-order valence-corrected chi connectivity index (χ3v) is 5.46. The molecule has 1 aliphatic heterocycles. The van der Waals surface area contributed by atoms with Crippen molar-refractivity contribution in [3.8, 4) is 17.2 Å². The quantitative estimate of drug-likeness (QED) is 0.890. The molecule has 0 atom stereocenters. The highest BCUT2D eigenvalue weighted by Crippen LogP contribution is 2.42. The van der Waals surface area contributed by atoms with Crippen LogP contribution in [0.1, 0.15) is 40.9 Å². The molecule has 24 heavy (non-hydrogen) atoms. The first-order valence-electron chi connectivity index (χ1n) is 7.93. The van der Waals surface area contributed by atoms with Crippen LogP contribution in [0.3, 0.4) is 0 Å². The predicted octanol–water partition coefficient (Wildman–Crippen LogP) is 4.50. The first kappa shape index (κ1) is 16.5. The number of hydrogen-bond acceptors (Lipinski definition) is 4. The van der Waals surface area contributed by atoms with Gasteiger partial charge in [-0.05, 0) is 30.5 Å². The molecule has 0 bridgehead atoms. The van der Waals surface area contributed by atoms with Gasteiger partial charge in [-0.15, -0.1) is 11.3 Å². The van der Waals surface area contributed by atoms with Gasteiger partial charge >= 0.3 is 5.97 Å². The van der Waals surface area contributed by atoms with Crippen LogP contribution in [0.2, 0.25) is 0 Å². The van der Waals surface area contributed by atoms with Gasteiger partial charge in [0, 0.05) is 18.7 Å². The number of anilines is 1. The van der Waals surface area contributed by atoms with Crippen LogP contribution in [0, 0.1) is 17.1 Å². The fourth-order valence-electron chi connectivity index (χ4n) is 3.06. The van der Waals surface area contributed by atoms with E-state index in [0.717, 1.165) is 55.1 Å². The van der Waals surface area contributed by atoms with E-state index in [1.165, 1.54) is 24.3 Å². The van der Waals surface area contributed by atoms with Crippen LogP contribution in [-0.4, -0.2) is 24.2 Å². The Labute approximate surface area is 143 Å². The Morgan fingerprint density at radius 1 is 1.17 bits per heavy atom. The lowest BCUT2D eigenvalue weighted by Gasteiger charge is -2.21. The van der Waals surface area contributed by atoms with Crippen LogP contribution in [0.5, 0.6) is 0 Å². The minimum absolute atomic E-state index is 0.136. The normalized spacial score (nSPS) is 14.9. The van der Waals surface area contributed by atoms with Gasteiger partial charge < -0.3 is 10.0 Å². The summed E-state index contributed by atoms with van der Waals surface area (Å²) in [6.07, 6.45) is 4.38. The van der Waals surface area contributed by atoms with Crippen molar-refractivity contribution in [3.63, 3.8) is 0 Å². The standard InChI is InChI=1S/C18H17FN2O2S/c19-13-7-5-12(6-8-13)15-14(11-20)17(24-16(15)18(22)23)21-9-3-1-2-4-10-21/h5-8H,1-4,9-10H2,(H,22,23). The molecule has 0 amide bonds. The number of rotatable bonds is 3. The van der Waals surface area contributed by atoms with Gasteiger partial charge in [0.15, 0.2) is 0 Å². The van der Waals surface area contributed by atoms with Crippen molar-refractivity contribution in [3.05, 3.63) is 40.5 Å². The zero-order chi connectivity index (χ0) is 17.1. The van der Waals surface area contributed by atoms with E-state index in [4.69, 9.17) is 0 Å². The van der Waals surface area contributed by atoms with E-state index in [2.05, 4.69) is 11.0 Å². The van der Waals surface area contributed by atoms with E-state index >= 15 is 0 Å². The minimum atomic E-state index is -1.06. The summed E-state index contributed by atoms with van der Waals surface area (Å²) in [5, 5.41) is 20.0. The number of carbonyl (C=O) groups is 1. The molecule has 2 heterocycles. The summed E-state index contributed by atoms with van der Waals surface area (Å²) in [7, 11) is 0. The zero-order valence-electron chi connectivity index (χ0n) is 13.1. The Balaban J connectivity index is 2.14. The third-order valence-electron chi connectivity index (χ3n) is 4.22. The number of benzene rings is 1. The van der Waals surface area contributed by atoms with Gasteiger partial charge in [-0.25, -0.2) is 9.18 Å². The van der Waals surface area contributed by atoms with Gasteiger partial charge in [0.2, 0.25) is 0 Å². The first-order chi connectivity index (χ1) is 11.6. The average molecular weight is 344 g/mol. The molecule has 0 saturated carbocycles. The number of carboxylic acids is 1. The first-order valence-corrected chi connectivity index (χ1v) is 8.74. The Kier molecular flexibility index (Phi) is 4.81.